The van der Waals surface area contributed by atoms with Gasteiger partial charge in [0.15, 0.2) is 5.78 Å². The lowest BCUT2D eigenvalue weighted by atomic mass is 10.1. The molecule has 0 fully saturated rings. The Hall–Kier alpha value is -0.360. The third-order valence-electron chi connectivity index (χ3n) is 2.11. The Morgan fingerprint density at radius 2 is 1.71 bits per heavy atom. The molecule has 94 valence electrons. The van der Waals surface area contributed by atoms with Gasteiger partial charge in [-0.1, -0.05) is 62.2 Å². The van der Waals surface area contributed by atoms with Gasteiger partial charge in [0, 0.05) is 5.56 Å². The molecule has 0 aromatic heterocycles. The molecule has 0 bridgehead atoms. The van der Waals surface area contributed by atoms with E-state index < -0.39 is 15.8 Å². The van der Waals surface area contributed by atoms with E-state index in [1.54, 1.807) is 30.3 Å². The standard InChI is InChI=1S/C11H9Br2F3O/c12-8(6-9(13)11(14,15)16)10(17)7-4-2-1-3-5-7/h1-5,8-9H,6H2. The summed E-state index contributed by atoms with van der Waals surface area (Å²) in [5, 5.41) is 0. The van der Waals surface area contributed by atoms with E-state index in [0.29, 0.717) is 5.56 Å². The number of carbonyl (C=O) groups is 1. The van der Waals surface area contributed by atoms with Crippen LogP contribution in [-0.2, 0) is 0 Å². The summed E-state index contributed by atoms with van der Waals surface area (Å²) in [5.41, 5.74) is 0.399. The molecule has 0 aliphatic heterocycles. The van der Waals surface area contributed by atoms with Crippen LogP contribution < -0.4 is 0 Å². The molecule has 0 aliphatic carbocycles. The zero-order chi connectivity index (χ0) is 13.1. The van der Waals surface area contributed by atoms with Gasteiger partial charge in [-0.2, -0.15) is 13.2 Å². The lowest BCUT2D eigenvalue weighted by molar-refractivity contribution is -0.127. The monoisotopic (exact) mass is 372 g/mol. The van der Waals surface area contributed by atoms with Crippen molar-refractivity contribution in [2.45, 2.75) is 22.3 Å². The Morgan fingerprint density at radius 3 is 2.18 bits per heavy atom. The topological polar surface area (TPSA) is 17.1 Å². The van der Waals surface area contributed by atoms with E-state index in [-0.39, 0.29) is 12.2 Å². The third kappa shape index (κ3) is 4.43. The van der Waals surface area contributed by atoms with Gasteiger partial charge >= 0.3 is 6.18 Å². The second kappa shape index (κ2) is 6.00. The second-order valence-electron chi connectivity index (χ2n) is 3.44. The van der Waals surface area contributed by atoms with E-state index in [9.17, 15) is 18.0 Å². The van der Waals surface area contributed by atoms with Crippen molar-refractivity contribution < 1.29 is 18.0 Å². The van der Waals surface area contributed by atoms with E-state index in [0.717, 1.165) is 0 Å². The first kappa shape index (κ1) is 14.7. The lowest BCUT2D eigenvalue weighted by Crippen LogP contribution is -2.28. The molecule has 0 aliphatic rings. The number of rotatable bonds is 4. The Bertz CT molecular complexity index is 378. The molecule has 0 heterocycles. The largest absolute Gasteiger partial charge is 0.401 e. The molecule has 2 unspecified atom stereocenters. The summed E-state index contributed by atoms with van der Waals surface area (Å²) < 4.78 is 36.9. The molecule has 1 rings (SSSR count). The predicted molar refractivity (Wildman–Crippen MR) is 66.9 cm³/mol. The molecule has 17 heavy (non-hydrogen) atoms. The first-order valence-corrected chi connectivity index (χ1v) is 6.59. The highest BCUT2D eigenvalue weighted by Gasteiger charge is 2.39. The summed E-state index contributed by atoms with van der Waals surface area (Å²) in [7, 11) is 0. The van der Waals surface area contributed by atoms with Crippen molar-refractivity contribution >= 4 is 37.6 Å². The van der Waals surface area contributed by atoms with Gasteiger partial charge in [-0.3, -0.25) is 4.79 Å². The van der Waals surface area contributed by atoms with E-state index in [1.807, 2.05) is 0 Å². The number of Topliss-reactive ketones (excluding diaryl/α,β-unsaturated/α-hetero) is 1. The van der Waals surface area contributed by atoms with Crippen molar-refractivity contribution in [1.29, 1.82) is 0 Å². The summed E-state index contributed by atoms with van der Waals surface area (Å²) in [6.07, 6.45) is -4.68. The van der Waals surface area contributed by atoms with Crippen molar-refractivity contribution in [3.05, 3.63) is 35.9 Å². The van der Waals surface area contributed by atoms with Crippen LogP contribution in [0.15, 0.2) is 30.3 Å². The Labute approximate surface area is 114 Å². The summed E-state index contributed by atoms with van der Waals surface area (Å²) in [6, 6.07) is 8.23. The molecule has 1 aromatic rings. The third-order valence-corrected chi connectivity index (χ3v) is 3.79. The van der Waals surface area contributed by atoms with Gasteiger partial charge in [0.05, 0.1) is 4.83 Å². The van der Waals surface area contributed by atoms with Gasteiger partial charge in [0.2, 0.25) is 0 Å². The normalized spacial score (nSPS) is 15.4. The van der Waals surface area contributed by atoms with Gasteiger partial charge in [-0.15, -0.1) is 0 Å². The van der Waals surface area contributed by atoms with E-state index in [4.69, 9.17) is 0 Å². The Balaban J connectivity index is 2.66. The van der Waals surface area contributed by atoms with Crippen LogP contribution in [0.2, 0.25) is 0 Å². The van der Waals surface area contributed by atoms with Gasteiger partial charge < -0.3 is 0 Å². The van der Waals surface area contributed by atoms with Crippen LogP contribution in [0, 0.1) is 0 Å². The maximum absolute atomic E-state index is 12.3. The van der Waals surface area contributed by atoms with Crippen LogP contribution in [0.25, 0.3) is 0 Å². The zero-order valence-electron chi connectivity index (χ0n) is 8.55. The van der Waals surface area contributed by atoms with Crippen molar-refractivity contribution in [2.75, 3.05) is 0 Å². The number of halogens is 5. The first-order valence-electron chi connectivity index (χ1n) is 4.76. The lowest BCUT2D eigenvalue weighted by Gasteiger charge is -2.16. The molecule has 0 N–H and O–H groups in total. The fraction of sp³-hybridized carbons (Fsp3) is 0.364. The Kier molecular flexibility index (Phi) is 5.19. The molecule has 0 radical (unpaired) electrons. The molecular formula is C11H9Br2F3O. The van der Waals surface area contributed by atoms with Crippen LogP contribution in [0.5, 0.6) is 0 Å². The minimum Gasteiger partial charge on any atom is -0.293 e. The van der Waals surface area contributed by atoms with Gasteiger partial charge in [0.1, 0.15) is 4.83 Å². The smallest absolute Gasteiger partial charge is 0.293 e. The minimum atomic E-state index is -4.34. The maximum atomic E-state index is 12.3. The first-order chi connectivity index (χ1) is 7.82. The van der Waals surface area contributed by atoms with Crippen molar-refractivity contribution in [3.63, 3.8) is 0 Å². The summed E-state index contributed by atoms with van der Waals surface area (Å²) in [5.74, 6) is -0.348. The molecule has 0 spiro atoms. The number of benzene rings is 1. The van der Waals surface area contributed by atoms with Crippen LogP contribution in [0.3, 0.4) is 0 Å². The van der Waals surface area contributed by atoms with Crippen molar-refractivity contribution in [2.24, 2.45) is 0 Å². The second-order valence-corrected chi connectivity index (χ2v) is 5.65. The molecular weight excluding hydrogens is 365 g/mol. The van der Waals surface area contributed by atoms with Crippen LogP contribution >= 0.6 is 31.9 Å². The van der Waals surface area contributed by atoms with Gasteiger partial charge in [-0.25, -0.2) is 0 Å². The van der Waals surface area contributed by atoms with Gasteiger partial charge in [-0.05, 0) is 6.42 Å². The predicted octanol–water partition coefficient (Wildman–Crippen LogP) is 4.35. The fourth-order valence-electron chi connectivity index (χ4n) is 1.21. The zero-order valence-corrected chi connectivity index (χ0v) is 11.7. The van der Waals surface area contributed by atoms with Crippen LogP contribution in [-0.4, -0.2) is 21.6 Å². The average molecular weight is 374 g/mol. The number of hydrogen-bond acceptors (Lipinski definition) is 1. The molecule has 0 saturated heterocycles. The minimum absolute atomic E-state index is 0.336. The maximum Gasteiger partial charge on any atom is 0.401 e. The molecule has 1 nitrogen and oxygen atoms in total. The van der Waals surface area contributed by atoms with E-state index in [1.165, 1.54) is 0 Å². The molecule has 6 heteroatoms. The number of carbonyl (C=O) groups excluding carboxylic acids is 1. The van der Waals surface area contributed by atoms with E-state index in [2.05, 4.69) is 31.9 Å². The number of hydrogen-bond donors (Lipinski definition) is 0. The summed E-state index contributed by atoms with van der Waals surface area (Å²) >= 11 is 5.53. The fourth-order valence-corrected chi connectivity index (χ4v) is 2.72. The number of ketones is 1. The molecule has 0 amide bonds. The molecule has 2 atom stereocenters. The SMILES string of the molecule is O=C(c1ccccc1)C(Br)CC(Br)C(F)(F)F. The number of alkyl halides is 5. The summed E-state index contributed by atoms with van der Waals surface area (Å²) in [4.78, 5) is 9.23. The highest BCUT2D eigenvalue weighted by molar-refractivity contribution is 9.10. The average Bonchev–Trinajstić information content (AvgIpc) is 2.27. The van der Waals surface area contributed by atoms with Crippen molar-refractivity contribution in [3.8, 4) is 0 Å². The highest BCUT2D eigenvalue weighted by Crippen LogP contribution is 2.32. The quantitative estimate of drug-likeness (QED) is 0.566. The molecule has 1 aromatic carbocycles. The molecule has 0 saturated carbocycles. The van der Waals surface area contributed by atoms with Crippen LogP contribution in [0.1, 0.15) is 16.8 Å². The van der Waals surface area contributed by atoms with Crippen molar-refractivity contribution in [1.82, 2.24) is 0 Å². The Morgan fingerprint density at radius 1 is 1.18 bits per heavy atom. The van der Waals surface area contributed by atoms with Gasteiger partial charge in [0.25, 0.3) is 0 Å². The summed E-state index contributed by atoms with van der Waals surface area (Å²) in [6.45, 7) is 0. The van der Waals surface area contributed by atoms with Crippen LogP contribution in [0.4, 0.5) is 13.2 Å². The highest BCUT2D eigenvalue weighted by atomic mass is 79.9. The van der Waals surface area contributed by atoms with E-state index >= 15 is 0 Å².